The first-order valence-corrected chi connectivity index (χ1v) is 12.0. The summed E-state index contributed by atoms with van der Waals surface area (Å²) in [6.45, 7) is 2.29. The zero-order valence-electron chi connectivity index (χ0n) is 21.0. The number of fused-ring (bicyclic) bond motifs is 1. The molecule has 1 aliphatic heterocycles. The molecule has 0 aliphatic carbocycles. The van der Waals surface area contributed by atoms with E-state index in [0.29, 0.717) is 29.4 Å². The fraction of sp³-hybridized carbons (Fsp3) is 0.207. The SMILES string of the molecule is COc1ccc(-c2cc3n(n2)C[C@](C)(C(=O)NCc2ccccc2)N(c2cccc(OC)c2)C3=O)cc1. The molecule has 0 saturated carbocycles. The molecule has 37 heavy (non-hydrogen) atoms. The number of ether oxygens (including phenoxy) is 2. The lowest BCUT2D eigenvalue weighted by molar-refractivity contribution is -0.126. The quantitative estimate of drug-likeness (QED) is 0.412. The Balaban J connectivity index is 1.54. The van der Waals surface area contributed by atoms with Gasteiger partial charge >= 0.3 is 0 Å². The van der Waals surface area contributed by atoms with Crippen molar-refractivity contribution in [2.24, 2.45) is 0 Å². The van der Waals surface area contributed by atoms with Crippen LogP contribution in [0.5, 0.6) is 11.5 Å². The van der Waals surface area contributed by atoms with Crippen LogP contribution in [0.1, 0.15) is 23.0 Å². The number of anilines is 1. The molecule has 2 heterocycles. The summed E-state index contributed by atoms with van der Waals surface area (Å²) in [7, 11) is 3.18. The number of carbonyl (C=O) groups excluding carboxylic acids is 2. The number of rotatable bonds is 7. The summed E-state index contributed by atoms with van der Waals surface area (Å²) in [5.41, 5.74) is 2.19. The van der Waals surface area contributed by atoms with Crippen molar-refractivity contribution >= 4 is 17.5 Å². The first-order chi connectivity index (χ1) is 17.9. The lowest BCUT2D eigenvalue weighted by Gasteiger charge is -2.43. The third-order valence-corrected chi connectivity index (χ3v) is 6.64. The Morgan fingerprint density at radius 1 is 0.946 bits per heavy atom. The molecule has 1 atom stereocenters. The molecule has 4 aromatic rings. The van der Waals surface area contributed by atoms with Crippen LogP contribution in [0.15, 0.2) is 84.9 Å². The van der Waals surface area contributed by atoms with Gasteiger partial charge in [-0.05, 0) is 55.0 Å². The number of benzene rings is 3. The Hall–Kier alpha value is -4.59. The Labute approximate surface area is 215 Å². The van der Waals surface area contributed by atoms with E-state index in [-0.39, 0.29) is 18.4 Å². The van der Waals surface area contributed by atoms with Crippen molar-refractivity contribution in [2.75, 3.05) is 19.1 Å². The lowest BCUT2D eigenvalue weighted by Crippen LogP contribution is -2.64. The standard InChI is InChI=1S/C29H28N4O4/c1-29(28(35)30-18-20-8-5-4-6-9-20)19-32-26(17-25(31-32)21-12-14-23(36-2)15-13-21)27(34)33(29)22-10-7-11-24(16-22)37-3/h4-17H,18-19H2,1-3H3,(H,30,35)/t29-/m1/s1. The lowest BCUT2D eigenvalue weighted by atomic mass is 9.93. The maximum absolute atomic E-state index is 14.0. The molecule has 8 heteroatoms. The van der Waals surface area contributed by atoms with E-state index in [1.54, 1.807) is 61.1 Å². The minimum absolute atomic E-state index is 0.183. The highest BCUT2D eigenvalue weighted by atomic mass is 16.5. The number of nitrogens with one attached hydrogen (secondary N) is 1. The first-order valence-electron chi connectivity index (χ1n) is 12.0. The highest BCUT2D eigenvalue weighted by Crippen LogP contribution is 2.35. The Morgan fingerprint density at radius 3 is 2.38 bits per heavy atom. The number of nitrogens with zero attached hydrogens (tertiary/aromatic N) is 3. The number of methoxy groups -OCH3 is 2. The molecular weight excluding hydrogens is 468 g/mol. The van der Waals surface area contributed by atoms with Gasteiger partial charge in [-0.25, -0.2) is 0 Å². The molecule has 1 aromatic heterocycles. The van der Waals surface area contributed by atoms with Crippen molar-refractivity contribution in [3.8, 4) is 22.8 Å². The van der Waals surface area contributed by atoms with Crippen LogP contribution in [0, 0.1) is 0 Å². The Morgan fingerprint density at radius 2 is 1.68 bits per heavy atom. The third-order valence-electron chi connectivity index (χ3n) is 6.64. The molecule has 0 bridgehead atoms. The minimum Gasteiger partial charge on any atom is -0.497 e. The second kappa shape index (κ2) is 9.81. The van der Waals surface area contributed by atoms with Crippen molar-refractivity contribution in [1.29, 1.82) is 0 Å². The van der Waals surface area contributed by atoms with Crippen LogP contribution in [0.2, 0.25) is 0 Å². The highest BCUT2D eigenvalue weighted by molar-refractivity contribution is 6.12. The van der Waals surface area contributed by atoms with Gasteiger partial charge in [-0.15, -0.1) is 0 Å². The monoisotopic (exact) mass is 496 g/mol. The molecule has 8 nitrogen and oxygen atoms in total. The van der Waals surface area contributed by atoms with Crippen molar-refractivity contribution in [3.05, 3.63) is 96.2 Å². The van der Waals surface area contributed by atoms with E-state index in [4.69, 9.17) is 14.6 Å². The van der Waals surface area contributed by atoms with E-state index in [1.807, 2.05) is 54.6 Å². The van der Waals surface area contributed by atoms with Crippen LogP contribution in [-0.4, -0.2) is 41.4 Å². The number of hydrogen-bond donors (Lipinski definition) is 1. The van der Waals surface area contributed by atoms with E-state index in [9.17, 15) is 9.59 Å². The summed E-state index contributed by atoms with van der Waals surface area (Å²) in [6.07, 6.45) is 0. The van der Waals surface area contributed by atoms with E-state index in [0.717, 1.165) is 16.9 Å². The second-order valence-corrected chi connectivity index (χ2v) is 9.09. The molecule has 0 saturated heterocycles. The average molecular weight is 497 g/mol. The molecule has 1 N–H and O–H groups in total. The van der Waals surface area contributed by atoms with Crippen LogP contribution < -0.4 is 19.7 Å². The number of aromatic nitrogens is 2. The summed E-state index contributed by atoms with van der Waals surface area (Å²) in [5.74, 6) is 0.731. The van der Waals surface area contributed by atoms with Gasteiger partial charge in [-0.3, -0.25) is 19.2 Å². The van der Waals surface area contributed by atoms with E-state index < -0.39 is 5.54 Å². The van der Waals surface area contributed by atoms with Crippen molar-refractivity contribution in [1.82, 2.24) is 15.1 Å². The normalized spacial score (nSPS) is 16.7. The summed E-state index contributed by atoms with van der Waals surface area (Å²) in [5, 5.41) is 7.73. The maximum atomic E-state index is 14.0. The predicted molar refractivity (Wildman–Crippen MR) is 141 cm³/mol. The molecular formula is C29H28N4O4. The van der Waals surface area contributed by atoms with E-state index in [1.165, 1.54) is 0 Å². The van der Waals surface area contributed by atoms with Gasteiger partial charge < -0.3 is 14.8 Å². The molecule has 3 aromatic carbocycles. The van der Waals surface area contributed by atoms with Gasteiger partial charge in [0.2, 0.25) is 5.91 Å². The van der Waals surface area contributed by atoms with Gasteiger partial charge in [0.25, 0.3) is 5.91 Å². The molecule has 0 fully saturated rings. The summed E-state index contributed by atoms with van der Waals surface area (Å²) in [6, 6.07) is 26.1. The molecule has 2 amide bonds. The van der Waals surface area contributed by atoms with Gasteiger partial charge in [0.15, 0.2) is 0 Å². The molecule has 188 valence electrons. The first kappa shape index (κ1) is 24.1. The Kier molecular flexibility index (Phi) is 6.40. The number of carbonyl (C=O) groups is 2. The molecule has 1 aliphatic rings. The van der Waals surface area contributed by atoms with E-state index >= 15 is 0 Å². The predicted octanol–water partition coefficient (Wildman–Crippen LogP) is 4.30. The van der Waals surface area contributed by atoms with Crippen LogP contribution >= 0.6 is 0 Å². The molecule has 0 unspecified atom stereocenters. The fourth-order valence-corrected chi connectivity index (χ4v) is 4.61. The third kappa shape index (κ3) is 4.53. The molecule has 0 spiro atoms. The van der Waals surface area contributed by atoms with Crippen molar-refractivity contribution < 1.29 is 19.1 Å². The van der Waals surface area contributed by atoms with Gasteiger partial charge in [0, 0.05) is 23.9 Å². The second-order valence-electron chi connectivity index (χ2n) is 9.09. The topological polar surface area (TPSA) is 85.7 Å². The highest BCUT2D eigenvalue weighted by Gasteiger charge is 2.49. The van der Waals surface area contributed by atoms with Crippen LogP contribution in [-0.2, 0) is 17.9 Å². The van der Waals surface area contributed by atoms with Gasteiger partial charge in [-0.2, -0.15) is 5.10 Å². The maximum Gasteiger partial charge on any atom is 0.277 e. The minimum atomic E-state index is -1.24. The molecule has 5 rings (SSSR count). The van der Waals surface area contributed by atoms with Crippen LogP contribution in [0.3, 0.4) is 0 Å². The Bertz CT molecular complexity index is 1430. The summed E-state index contributed by atoms with van der Waals surface area (Å²) < 4.78 is 12.3. The smallest absolute Gasteiger partial charge is 0.277 e. The number of hydrogen-bond acceptors (Lipinski definition) is 5. The van der Waals surface area contributed by atoms with Crippen molar-refractivity contribution in [2.45, 2.75) is 25.6 Å². The fourth-order valence-electron chi connectivity index (χ4n) is 4.61. The van der Waals surface area contributed by atoms with Crippen molar-refractivity contribution in [3.63, 3.8) is 0 Å². The van der Waals surface area contributed by atoms with Gasteiger partial charge in [0.05, 0.1) is 26.5 Å². The van der Waals surface area contributed by atoms with Gasteiger partial charge in [0.1, 0.15) is 22.7 Å². The molecule has 0 radical (unpaired) electrons. The zero-order chi connectivity index (χ0) is 26.0. The number of amides is 2. The zero-order valence-corrected chi connectivity index (χ0v) is 21.0. The van der Waals surface area contributed by atoms with Crippen LogP contribution in [0.25, 0.3) is 11.3 Å². The average Bonchev–Trinajstić information content (AvgIpc) is 3.36. The summed E-state index contributed by atoms with van der Waals surface area (Å²) >= 11 is 0. The van der Waals surface area contributed by atoms with Gasteiger partial charge in [-0.1, -0.05) is 36.4 Å². The largest absolute Gasteiger partial charge is 0.497 e. The van der Waals surface area contributed by atoms with E-state index in [2.05, 4.69) is 5.32 Å². The van der Waals surface area contributed by atoms with Crippen LogP contribution in [0.4, 0.5) is 5.69 Å². The summed E-state index contributed by atoms with van der Waals surface area (Å²) in [4.78, 5) is 29.3.